The van der Waals surface area contributed by atoms with Gasteiger partial charge in [0.25, 0.3) is 5.69 Å². The summed E-state index contributed by atoms with van der Waals surface area (Å²) in [5, 5.41) is 21.0. The van der Waals surface area contributed by atoms with Gasteiger partial charge in [0.1, 0.15) is 0 Å². The van der Waals surface area contributed by atoms with Gasteiger partial charge in [0.2, 0.25) is 0 Å². The summed E-state index contributed by atoms with van der Waals surface area (Å²) >= 11 is 5.89. The highest BCUT2D eigenvalue weighted by molar-refractivity contribution is 6.30. The molecular weight excluding hydrogens is 282 g/mol. The Labute approximate surface area is 121 Å². The summed E-state index contributed by atoms with van der Waals surface area (Å²) in [5.74, 6) is -0.555. The van der Waals surface area contributed by atoms with E-state index in [-0.39, 0.29) is 12.1 Å². The Balaban J connectivity index is 2.39. The number of carboxylic acid groups (broad SMARTS) is 1. The van der Waals surface area contributed by atoms with Crippen molar-refractivity contribution in [1.82, 2.24) is 0 Å². The molecule has 5 nitrogen and oxygen atoms in total. The molecule has 2 unspecified atom stereocenters. The molecule has 0 saturated heterocycles. The highest BCUT2D eigenvalue weighted by Gasteiger charge is 2.45. The standard InChI is InChI=1S/C14H16ClNO4/c1-9-4-5-14(7-9,13(17)18)8-10-6-11(15)2-3-12(10)16(19)20/h2-3,6,9H,4-5,7-8H2,1H3,(H,17,18). The van der Waals surface area contributed by atoms with Crippen LogP contribution in [0.5, 0.6) is 0 Å². The highest BCUT2D eigenvalue weighted by atomic mass is 35.5. The molecule has 1 aromatic rings. The third-order valence-electron chi connectivity index (χ3n) is 4.08. The van der Waals surface area contributed by atoms with E-state index in [1.807, 2.05) is 6.92 Å². The molecule has 6 heteroatoms. The lowest BCUT2D eigenvalue weighted by molar-refractivity contribution is -0.385. The number of hydrogen-bond acceptors (Lipinski definition) is 3. The van der Waals surface area contributed by atoms with Crippen molar-refractivity contribution in [2.75, 3.05) is 0 Å². The van der Waals surface area contributed by atoms with Crippen molar-refractivity contribution < 1.29 is 14.8 Å². The Bertz CT molecular complexity index is 560. The van der Waals surface area contributed by atoms with Crippen LogP contribution in [0.3, 0.4) is 0 Å². The summed E-state index contributed by atoms with van der Waals surface area (Å²) in [7, 11) is 0. The van der Waals surface area contributed by atoms with Gasteiger partial charge in [0, 0.05) is 16.7 Å². The molecule has 0 aromatic heterocycles. The van der Waals surface area contributed by atoms with Crippen LogP contribution in [0.25, 0.3) is 0 Å². The fourth-order valence-electron chi connectivity index (χ4n) is 3.06. The summed E-state index contributed by atoms with van der Waals surface area (Å²) in [5.41, 5.74) is -0.567. The summed E-state index contributed by atoms with van der Waals surface area (Å²) in [6, 6.07) is 4.30. The van der Waals surface area contributed by atoms with Crippen LogP contribution in [0.4, 0.5) is 5.69 Å². The van der Waals surface area contributed by atoms with Crippen LogP contribution in [0, 0.1) is 21.4 Å². The molecule has 108 valence electrons. The predicted molar refractivity (Wildman–Crippen MR) is 74.9 cm³/mol. The first-order chi connectivity index (χ1) is 9.34. The largest absolute Gasteiger partial charge is 0.481 e. The number of nitrogens with zero attached hydrogens (tertiary/aromatic N) is 1. The van der Waals surface area contributed by atoms with Gasteiger partial charge >= 0.3 is 5.97 Å². The predicted octanol–water partition coefficient (Wildman–Crippen LogP) is 3.68. The van der Waals surface area contributed by atoms with Crippen molar-refractivity contribution in [2.45, 2.75) is 32.6 Å². The molecule has 2 rings (SSSR count). The van der Waals surface area contributed by atoms with Gasteiger partial charge in [-0.15, -0.1) is 0 Å². The number of rotatable bonds is 4. The number of halogens is 1. The minimum atomic E-state index is -0.908. The Hall–Kier alpha value is -1.62. The lowest BCUT2D eigenvalue weighted by Gasteiger charge is -2.24. The molecule has 1 aliphatic rings. The molecule has 0 bridgehead atoms. The molecule has 1 N–H and O–H groups in total. The zero-order chi connectivity index (χ0) is 14.9. The summed E-state index contributed by atoms with van der Waals surface area (Å²) in [6.07, 6.45) is 2.09. The molecule has 1 fully saturated rings. The second-order valence-corrected chi connectivity index (χ2v) is 6.08. The van der Waals surface area contributed by atoms with E-state index in [1.54, 1.807) is 0 Å². The lowest BCUT2D eigenvalue weighted by Crippen LogP contribution is -2.31. The van der Waals surface area contributed by atoms with E-state index in [1.165, 1.54) is 18.2 Å². The van der Waals surface area contributed by atoms with Gasteiger partial charge in [-0.3, -0.25) is 14.9 Å². The van der Waals surface area contributed by atoms with Gasteiger partial charge in [-0.05, 0) is 43.7 Å². The molecular formula is C14H16ClNO4. The third kappa shape index (κ3) is 2.77. The Morgan fingerprint density at radius 1 is 1.60 bits per heavy atom. The van der Waals surface area contributed by atoms with Crippen LogP contribution in [-0.2, 0) is 11.2 Å². The molecule has 0 spiro atoms. The van der Waals surface area contributed by atoms with Crippen molar-refractivity contribution in [3.63, 3.8) is 0 Å². The third-order valence-corrected chi connectivity index (χ3v) is 4.31. The molecule has 1 aliphatic carbocycles. The van der Waals surface area contributed by atoms with E-state index in [0.29, 0.717) is 29.3 Å². The topological polar surface area (TPSA) is 80.4 Å². The maximum atomic E-state index is 11.6. The minimum absolute atomic E-state index is 0.0606. The van der Waals surface area contributed by atoms with Crippen LogP contribution >= 0.6 is 11.6 Å². The number of nitro benzene ring substituents is 1. The molecule has 20 heavy (non-hydrogen) atoms. The van der Waals surface area contributed by atoms with E-state index in [9.17, 15) is 20.0 Å². The van der Waals surface area contributed by atoms with Gasteiger partial charge in [0.05, 0.1) is 10.3 Å². The maximum Gasteiger partial charge on any atom is 0.309 e. The highest BCUT2D eigenvalue weighted by Crippen LogP contribution is 2.45. The fraction of sp³-hybridized carbons (Fsp3) is 0.500. The number of nitro groups is 1. The van der Waals surface area contributed by atoms with E-state index >= 15 is 0 Å². The summed E-state index contributed by atoms with van der Waals surface area (Å²) in [4.78, 5) is 22.2. The number of carboxylic acids is 1. The van der Waals surface area contributed by atoms with Crippen LogP contribution in [0.1, 0.15) is 31.7 Å². The molecule has 0 radical (unpaired) electrons. The summed E-state index contributed by atoms with van der Waals surface area (Å²) in [6.45, 7) is 2.01. The zero-order valence-electron chi connectivity index (χ0n) is 11.1. The van der Waals surface area contributed by atoms with Gasteiger partial charge in [-0.2, -0.15) is 0 Å². The molecule has 2 atom stereocenters. The van der Waals surface area contributed by atoms with Crippen molar-refractivity contribution in [2.24, 2.45) is 11.3 Å². The number of benzene rings is 1. The van der Waals surface area contributed by atoms with Gasteiger partial charge < -0.3 is 5.11 Å². The molecule has 1 saturated carbocycles. The SMILES string of the molecule is CC1CCC(Cc2cc(Cl)ccc2[N+](=O)[O-])(C(=O)O)C1. The zero-order valence-corrected chi connectivity index (χ0v) is 11.9. The first-order valence-electron chi connectivity index (χ1n) is 6.50. The van der Waals surface area contributed by atoms with Gasteiger partial charge in [-0.25, -0.2) is 0 Å². The lowest BCUT2D eigenvalue weighted by atomic mass is 9.79. The molecule has 1 aromatic carbocycles. The smallest absolute Gasteiger partial charge is 0.309 e. The van der Waals surface area contributed by atoms with Gasteiger partial charge in [0.15, 0.2) is 0 Å². The van der Waals surface area contributed by atoms with E-state index < -0.39 is 16.3 Å². The average Bonchev–Trinajstić information content (AvgIpc) is 2.71. The number of hydrogen-bond donors (Lipinski definition) is 1. The maximum absolute atomic E-state index is 11.6. The van der Waals surface area contributed by atoms with Crippen molar-refractivity contribution in [1.29, 1.82) is 0 Å². The average molecular weight is 298 g/mol. The quantitative estimate of drug-likeness (QED) is 0.679. The Kier molecular flexibility index (Phi) is 3.99. The Morgan fingerprint density at radius 3 is 2.80 bits per heavy atom. The van der Waals surface area contributed by atoms with Crippen LogP contribution < -0.4 is 0 Å². The minimum Gasteiger partial charge on any atom is -0.481 e. The molecule has 0 aliphatic heterocycles. The van der Waals surface area contributed by atoms with Crippen molar-refractivity contribution in [3.05, 3.63) is 38.9 Å². The van der Waals surface area contributed by atoms with E-state index in [0.717, 1.165) is 6.42 Å². The molecule has 0 amide bonds. The normalized spacial score (nSPS) is 25.6. The van der Waals surface area contributed by atoms with Crippen molar-refractivity contribution >= 4 is 23.3 Å². The van der Waals surface area contributed by atoms with Gasteiger partial charge in [-0.1, -0.05) is 18.5 Å². The second kappa shape index (κ2) is 5.40. The fourth-order valence-corrected chi connectivity index (χ4v) is 3.26. The summed E-state index contributed by atoms with van der Waals surface area (Å²) < 4.78 is 0. The first-order valence-corrected chi connectivity index (χ1v) is 6.88. The Morgan fingerprint density at radius 2 is 2.30 bits per heavy atom. The second-order valence-electron chi connectivity index (χ2n) is 5.64. The first kappa shape index (κ1) is 14.8. The van der Waals surface area contributed by atoms with E-state index in [4.69, 9.17) is 11.6 Å². The monoisotopic (exact) mass is 297 g/mol. The van der Waals surface area contributed by atoms with Crippen LogP contribution in [-0.4, -0.2) is 16.0 Å². The van der Waals surface area contributed by atoms with Crippen LogP contribution in [0.15, 0.2) is 18.2 Å². The molecule has 0 heterocycles. The number of carbonyl (C=O) groups is 1. The van der Waals surface area contributed by atoms with Crippen LogP contribution in [0.2, 0.25) is 5.02 Å². The van der Waals surface area contributed by atoms with E-state index in [2.05, 4.69) is 0 Å². The number of aliphatic carboxylic acids is 1. The van der Waals surface area contributed by atoms with Crippen molar-refractivity contribution in [3.8, 4) is 0 Å².